The molecule has 0 aliphatic rings. The van der Waals surface area contributed by atoms with E-state index >= 15 is 0 Å². The number of methoxy groups -OCH3 is 1. The predicted octanol–water partition coefficient (Wildman–Crippen LogP) is 1.70. The molecule has 0 aromatic heterocycles. The molecule has 0 bridgehead atoms. The molecular weight excluding hydrogens is 200 g/mol. The second-order valence-corrected chi connectivity index (χ2v) is 4.12. The number of benzene rings is 1. The van der Waals surface area contributed by atoms with Crippen molar-refractivity contribution < 1.29 is 4.74 Å². The van der Waals surface area contributed by atoms with Crippen LogP contribution in [0, 0.1) is 0 Å². The van der Waals surface area contributed by atoms with Gasteiger partial charge in [-0.1, -0.05) is 18.2 Å². The summed E-state index contributed by atoms with van der Waals surface area (Å²) in [5.41, 5.74) is 1.27. The highest BCUT2D eigenvalue weighted by Crippen LogP contribution is 2.12. The normalized spacial score (nSPS) is 10.8. The second kappa shape index (κ2) is 7.25. The van der Waals surface area contributed by atoms with E-state index in [0.29, 0.717) is 0 Å². The number of ether oxygens (including phenoxy) is 1. The van der Waals surface area contributed by atoms with Gasteiger partial charge in [0.15, 0.2) is 0 Å². The van der Waals surface area contributed by atoms with Crippen molar-refractivity contribution in [2.45, 2.75) is 0 Å². The topological polar surface area (TPSA) is 15.7 Å². The molecule has 0 unspecified atom stereocenters. The van der Waals surface area contributed by atoms with Gasteiger partial charge in [-0.05, 0) is 26.2 Å². The van der Waals surface area contributed by atoms with Crippen LogP contribution in [0.4, 0.5) is 5.69 Å². The Bertz CT molecular complexity index is 275. The van der Waals surface area contributed by atoms with Crippen molar-refractivity contribution >= 4 is 5.69 Å². The third kappa shape index (κ3) is 4.64. The minimum Gasteiger partial charge on any atom is -0.383 e. The van der Waals surface area contributed by atoms with Crippen LogP contribution in [0.25, 0.3) is 0 Å². The van der Waals surface area contributed by atoms with Gasteiger partial charge < -0.3 is 14.5 Å². The molecule has 16 heavy (non-hydrogen) atoms. The molecule has 3 nitrogen and oxygen atoms in total. The predicted molar refractivity (Wildman–Crippen MR) is 69.1 cm³/mol. The summed E-state index contributed by atoms with van der Waals surface area (Å²) >= 11 is 0. The molecule has 0 radical (unpaired) electrons. The van der Waals surface area contributed by atoms with E-state index in [-0.39, 0.29) is 0 Å². The zero-order valence-electron chi connectivity index (χ0n) is 10.5. The number of hydrogen-bond acceptors (Lipinski definition) is 3. The second-order valence-electron chi connectivity index (χ2n) is 4.12. The highest BCUT2D eigenvalue weighted by molar-refractivity contribution is 5.45. The van der Waals surface area contributed by atoms with E-state index in [2.05, 4.69) is 48.2 Å². The average Bonchev–Trinajstić information content (AvgIpc) is 2.30. The number of hydrogen-bond donors (Lipinski definition) is 0. The summed E-state index contributed by atoms with van der Waals surface area (Å²) < 4.78 is 5.15. The maximum absolute atomic E-state index is 5.15. The molecule has 0 saturated heterocycles. The van der Waals surface area contributed by atoms with Gasteiger partial charge in [-0.3, -0.25) is 0 Å². The Hall–Kier alpha value is -1.06. The Labute approximate surface area is 98.6 Å². The van der Waals surface area contributed by atoms with Gasteiger partial charge in [0.1, 0.15) is 0 Å². The molecule has 0 atom stereocenters. The number of rotatable bonds is 7. The molecule has 90 valence electrons. The van der Waals surface area contributed by atoms with Crippen LogP contribution in [0.2, 0.25) is 0 Å². The number of anilines is 1. The van der Waals surface area contributed by atoms with Crippen LogP contribution in [0.15, 0.2) is 30.3 Å². The molecule has 1 rings (SSSR count). The van der Waals surface area contributed by atoms with Crippen molar-refractivity contribution in [1.82, 2.24) is 4.90 Å². The molecule has 0 aliphatic carbocycles. The Morgan fingerprint density at radius 2 is 1.69 bits per heavy atom. The first-order valence-electron chi connectivity index (χ1n) is 5.67. The standard InChI is InChI=1S/C13H22N2O/c1-14(2)9-10-15(11-12-16-3)13-7-5-4-6-8-13/h4-8H,9-12H2,1-3H3. The van der Waals surface area contributed by atoms with Crippen LogP contribution in [-0.2, 0) is 4.74 Å². The number of nitrogens with zero attached hydrogens (tertiary/aromatic N) is 2. The summed E-state index contributed by atoms with van der Waals surface area (Å²) in [4.78, 5) is 4.55. The molecule has 0 amide bonds. The van der Waals surface area contributed by atoms with Crippen molar-refractivity contribution in [1.29, 1.82) is 0 Å². The largest absolute Gasteiger partial charge is 0.383 e. The first kappa shape index (κ1) is 13.0. The molecule has 0 fully saturated rings. The lowest BCUT2D eigenvalue weighted by molar-refractivity contribution is 0.204. The van der Waals surface area contributed by atoms with Gasteiger partial charge in [0.2, 0.25) is 0 Å². The maximum Gasteiger partial charge on any atom is 0.0637 e. The Morgan fingerprint density at radius 3 is 2.25 bits per heavy atom. The lowest BCUT2D eigenvalue weighted by Gasteiger charge is -2.26. The molecule has 0 spiro atoms. The molecule has 0 N–H and O–H groups in total. The number of para-hydroxylation sites is 1. The zero-order valence-corrected chi connectivity index (χ0v) is 10.5. The van der Waals surface area contributed by atoms with Gasteiger partial charge in [0.05, 0.1) is 6.61 Å². The quantitative estimate of drug-likeness (QED) is 0.698. The van der Waals surface area contributed by atoms with Crippen LogP contribution in [0.1, 0.15) is 0 Å². The fourth-order valence-corrected chi connectivity index (χ4v) is 1.53. The molecule has 0 aliphatic heterocycles. The highest BCUT2D eigenvalue weighted by Gasteiger charge is 2.05. The van der Waals surface area contributed by atoms with Crippen LogP contribution in [-0.4, -0.2) is 52.3 Å². The summed E-state index contributed by atoms with van der Waals surface area (Å²) in [6.45, 7) is 3.79. The van der Waals surface area contributed by atoms with Crippen molar-refractivity contribution in [2.75, 3.05) is 52.3 Å². The lowest BCUT2D eigenvalue weighted by Crippen LogP contribution is -2.34. The Balaban J connectivity index is 2.56. The molecule has 1 aromatic carbocycles. The molecule has 0 saturated carbocycles. The summed E-state index contributed by atoms with van der Waals surface area (Å²) in [6, 6.07) is 10.5. The van der Waals surface area contributed by atoms with Gasteiger partial charge >= 0.3 is 0 Å². The summed E-state index contributed by atoms with van der Waals surface area (Å²) in [5, 5.41) is 0. The van der Waals surface area contributed by atoms with Gasteiger partial charge in [-0.25, -0.2) is 0 Å². The fourth-order valence-electron chi connectivity index (χ4n) is 1.53. The third-order valence-corrected chi connectivity index (χ3v) is 2.50. The van der Waals surface area contributed by atoms with Gasteiger partial charge in [0.25, 0.3) is 0 Å². The van der Waals surface area contributed by atoms with Crippen LogP contribution in [0.5, 0.6) is 0 Å². The van der Waals surface area contributed by atoms with E-state index in [4.69, 9.17) is 4.74 Å². The van der Waals surface area contributed by atoms with E-state index in [1.807, 2.05) is 6.07 Å². The molecule has 3 heteroatoms. The van der Waals surface area contributed by atoms with E-state index in [9.17, 15) is 0 Å². The van der Waals surface area contributed by atoms with E-state index in [1.54, 1.807) is 7.11 Å². The average molecular weight is 222 g/mol. The summed E-state index contributed by atoms with van der Waals surface area (Å²) in [5.74, 6) is 0. The Kier molecular flexibility index (Phi) is 5.90. The fraction of sp³-hybridized carbons (Fsp3) is 0.538. The first-order chi connectivity index (χ1) is 7.74. The van der Waals surface area contributed by atoms with Crippen molar-refractivity contribution in [3.8, 4) is 0 Å². The van der Waals surface area contributed by atoms with Crippen molar-refractivity contribution in [3.63, 3.8) is 0 Å². The SMILES string of the molecule is COCCN(CCN(C)C)c1ccccc1. The molecular formula is C13H22N2O. The van der Waals surface area contributed by atoms with E-state index < -0.39 is 0 Å². The summed E-state index contributed by atoms with van der Waals surface area (Å²) in [7, 11) is 5.94. The smallest absolute Gasteiger partial charge is 0.0637 e. The van der Waals surface area contributed by atoms with Crippen molar-refractivity contribution in [3.05, 3.63) is 30.3 Å². The Morgan fingerprint density at radius 1 is 1.00 bits per heavy atom. The van der Waals surface area contributed by atoms with E-state index in [1.165, 1.54) is 5.69 Å². The van der Waals surface area contributed by atoms with E-state index in [0.717, 1.165) is 26.2 Å². The lowest BCUT2D eigenvalue weighted by atomic mass is 10.3. The summed E-state index contributed by atoms with van der Waals surface area (Å²) in [6.07, 6.45) is 0. The maximum atomic E-state index is 5.15. The first-order valence-corrected chi connectivity index (χ1v) is 5.67. The van der Waals surface area contributed by atoms with Crippen LogP contribution < -0.4 is 4.90 Å². The zero-order chi connectivity index (χ0) is 11.8. The molecule has 0 heterocycles. The van der Waals surface area contributed by atoms with Crippen LogP contribution in [0.3, 0.4) is 0 Å². The number of likely N-dealkylation sites (N-methyl/N-ethyl adjacent to an activating group) is 1. The third-order valence-electron chi connectivity index (χ3n) is 2.50. The van der Waals surface area contributed by atoms with Crippen molar-refractivity contribution in [2.24, 2.45) is 0 Å². The highest BCUT2D eigenvalue weighted by atomic mass is 16.5. The minimum atomic E-state index is 0.766. The van der Waals surface area contributed by atoms with Gasteiger partial charge in [0, 0.05) is 32.4 Å². The van der Waals surface area contributed by atoms with Gasteiger partial charge in [-0.15, -0.1) is 0 Å². The minimum absolute atomic E-state index is 0.766. The molecule has 1 aromatic rings. The monoisotopic (exact) mass is 222 g/mol. The van der Waals surface area contributed by atoms with Crippen LogP contribution >= 0.6 is 0 Å². The van der Waals surface area contributed by atoms with Gasteiger partial charge in [-0.2, -0.15) is 0 Å².